The normalized spacial score (nSPS) is 13.3. The van der Waals surface area contributed by atoms with E-state index in [4.69, 9.17) is 11.6 Å². The highest BCUT2D eigenvalue weighted by atomic mass is 35.5. The zero-order chi connectivity index (χ0) is 13.2. The second-order valence-electron chi connectivity index (χ2n) is 5.13. The molecule has 0 spiro atoms. The summed E-state index contributed by atoms with van der Waals surface area (Å²) in [6, 6.07) is 4.56. The van der Waals surface area contributed by atoms with Crippen LogP contribution in [0.4, 0.5) is 4.39 Å². The van der Waals surface area contributed by atoms with Crippen molar-refractivity contribution in [3.8, 4) is 0 Å². The highest BCUT2D eigenvalue weighted by Gasteiger charge is 2.24. The Labute approximate surface area is 106 Å². The molecule has 1 aromatic carbocycles. The Balaban J connectivity index is 2.92. The highest BCUT2D eigenvalue weighted by Crippen LogP contribution is 2.25. The predicted octanol–water partition coefficient (Wildman–Crippen LogP) is 3.33. The van der Waals surface area contributed by atoms with Crippen molar-refractivity contribution in [2.45, 2.75) is 38.6 Å². The molecular weight excluding hydrogens is 241 g/mol. The quantitative estimate of drug-likeness (QED) is 0.809. The Morgan fingerprint density at radius 2 is 2.00 bits per heavy atom. The lowest BCUT2D eigenvalue weighted by atomic mass is 10.1. The Morgan fingerprint density at radius 3 is 2.53 bits per heavy atom. The maximum Gasteiger partial charge on any atom is 0.243 e. The minimum atomic E-state index is -1.01. The monoisotopic (exact) mass is 257 g/mol. The van der Waals surface area contributed by atoms with E-state index in [0.717, 1.165) is 5.56 Å². The van der Waals surface area contributed by atoms with E-state index in [1.807, 2.05) is 27.7 Å². The van der Waals surface area contributed by atoms with Gasteiger partial charge in [-0.25, -0.2) is 4.39 Å². The lowest BCUT2D eigenvalue weighted by molar-refractivity contribution is -0.122. The molecule has 0 saturated carbocycles. The fraction of sp³-hybridized carbons (Fsp3) is 0.462. The van der Waals surface area contributed by atoms with Crippen molar-refractivity contribution in [3.63, 3.8) is 0 Å². The Bertz CT molecular complexity index is 426. The van der Waals surface area contributed by atoms with Gasteiger partial charge in [0, 0.05) is 11.1 Å². The molecule has 94 valence electrons. The van der Waals surface area contributed by atoms with Crippen LogP contribution < -0.4 is 5.32 Å². The van der Waals surface area contributed by atoms with Crippen LogP contribution >= 0.6 is 11.6 Å². The summed E-state index contributed by atoms with van der Waals surface area (Å²) in [5.41, 5.74) is 0.703. The number of rotatable bonds is 2. The average molecular weight is 258 g/mol. The van der Waals surface area contributed by atoms with Crippen LogP contribution in [0.1, 0.15) is 37.3 Å². The van der Waals surface area contributed by atoms with Gasteiger partial charge >= 0.3 is 0 Å². The molecule has 0 saturated heterocycles. The topological polar surface area (TPSA) is 29.1 Å². The van der Waals surface area contributed by atoms with Crippen LogP contribution in [0, 0.1) is 12.7 Å². The van der Waals surface area contributed by atoms with Crippen molar-refractivity contribution in [1.82, 2.24) is 5.32 Å². The minimum Gasteiger partial charge on any atom is -0.350 e. The van der Waals surface area contributed by atoms with Crippen molar-refractivity contribution in [2.24, 2.45) is 0 Å². The van der Waals surface area contributed by atoms with E-state index in [2.05, 4.69) is 5.32 Å². The standard InChI is InChI=1S/C13H17ClFNO/c1-8-5-6-10(15)9(7-8)11(14)12(17)16-13(2,3)4/h5-7,11H,1-4H3,(H,16,17). The molecule has 0 radical (unpaired) electrons. The van der Waals surface area contributed by atoms with E-state index in [9.17, 15) is 9.18 Å². The van der Waals surface area contributed by atoms with Crippen LogP contribution in [0.2, 0.25) is 0 Å². The predicted molar refractivity (Wildman–Crippen MR) is 67.6 cm³/mol. The molecule has 4 heteroatoms. The Morgan fingerprint density at radius 1 is 1.41 bits per heavy atom. The van der Waals surface area contributed by atoms with Crippen molar-refractivity contribution in [2.75, 3.05) is 0 Å². The van der Waals surface area contributed by atoms with Gasteiger partial charge in [0.2, 0.25) is 5.91 Å². The van der Waals surface area contributed by atoms with E-state index in [0.29, 0.717) is 0 Å². The molecule has 17 heavy (non-hydrogen) atoms. The number of alkyl halides is 1. The van der Waals surface area contributed by atoms with E-state index in [1.54, 1.807) is 12.1 Å². The van der Waals surface area contributed by atoms with Crippen molar-refractivity contribution < 1.29 is 9.18 Å². The SMILES string of the molecule is Cc1ccc(F)c(C(Cl)C(=O)NC(C)(C)C)c1. The third-order valence-corrected chi connectivity index (χ3v) is 2.59. The molecule has 0 fully saturated rings. The molecular formula is C13H17ClFNO. The van der Waals surface area contributed by atoms with E-state index < -0.39 is 11.2 Å². The van der Waals surface area contributed by atoms with Gasteiger partial charge in [-0.05, 0) is 33.8 Å². The summed E-state index contributed by atoms with van der Waals surface area (Å²) >= 11 is 5.99. The number of nitrogens with one attached hydrogen (secondary N) is 1. The number of hydrogen-bond donors (Lipinski definition) is 1. The number of amides is 1. The number of benzene rings is 1. The first-order valence-electron chi connectivity index (χ1n) is 5.43. The average Bonchev–Trinajstić information content (AvgIpc) is 2.18. The van der Waals surface area contributed by atoms with Crippen LogP contribution in [0.25, 0.3) is 0 Å². The lowest BCUT2D eigenvalue weighted by Crippen LogP contribution is -2.42. The van der Waals surface area contributed by atoms with E-state index in [-0.39, 0.29) is 17.0 Å². The lowest BCUT2D eigenvalue weighted by Gasteiger charge is -2.22. The van der Waals surface area contributed by atoms with Gasteiger partial charge in [-0.2, -0.15) is 0 Å². The molecule has 0 heterocycles. The van der Waals surface area contributed by atoms with Crippen LogP contribution in [0.3, 0.4) is 0 Å². The molecule has 0 aliphatic carbocycles. The summed E-state index contributed by atoms with van der Waals surface area (Å²) in [4.78, 5) is 11.8. The first kappa shape index (κ1) is 14.0. The minimum absolute atomic E-state index is 0.216. The third kappa shape index (κ3) is 4.00. The van der Waals surface area contributed by atoms with Crippen LogP contribution in [0.5, 0.6) is 0 Å². The second-order valence-corrected chi connectivity index (χ2v) is 5.56. The van der Waals surface area contributed by atoms with Crippen LogP contribution in [-0.2, 0) is 4.79 Å². The molecule has 0 aromatic heterocycles. The van der Waals surface area contributed by atoms with Gasteiger partial charge in [0.15, 0.2) is 0 Å². The van der Waals surface area contributed by atoms with Gasteiger partial charge in [0.1, 0.15) is 11.2 Å². The van der Waals surface area contributed by atoms with Gasteiger partial charge in [-0.3, -0.25) is 4.79 Å². The Kier molecular flexibility index (Phi) is 4.15. The molecule has 1 N–H and O–H groups in total. The fourth-order valence-corrected chi connectivity index (χ4v) is 1.65. The molecule has 1 aromatic rings. The zero-order valence-corrected chi connectivity index (χ0v) is 11.2. The molecule has 0 bridgehead atoms. The largest absolute Gasteiger partial charge is 0.350 e. The van der Waals surface area contributed by atoms with Gasteiger partial charge in [-0.15, -0.1) is 11.6 Å². The first-order chi connectivity index (χ1) is 7.70. The van der Waals surface area contributed by atoms with E-state index >= 15 is 0 Å². The number of aryl methyl sites for hydroxylation is 1. The van der Waals surface area contributed by atoms with Crippen LogP contribution in [-0.4, -0.2) is 11.4 Å². The molecule has 1 unspecified atom stereocenters. The van der Waals surface area contributed by atoms with Gasteiger partial charge in [0.25, 0.3) is 0 Å². The number of carbonyl (C=O) groups is 1. The number of hydrogen-bond acceptors (Lipinski definition) is 1. The van der Waals surface area contributed by atoms with Crippen molar-refractivity contribution >= 4 is 17.5 Å². The fourth-order valence-electron chi connectivity index (χ4n) is 1.43. The summed E-state index contributed by atoms with van der Waals surface area (Å²) in [7, 11) is 0. The number of halogens is 2. The molecule has 1 amide bonds. The molecule has 1 rings (SSSR count). The molecule has 1 atom stereocenters. The maximum atomic E-state index is 13.5. The van der Waals surface area contributed by atoms with E-state index in [1.165, 1.54) is 6.07 Å². The molecule has 0 aliphatic heterocycles. The first-order valence-corrected chi connectivity index (χ1v) is 5.86. The van der Waals surface area contributed by atoms with Gasteiger partial charge in [-0.1, -0.05) is 17.7 Å². The van der Waals surface area contributed by atoms with Crippen molar-refractivity contribution in [3.05, 3.63) is 35.1 Å². The maximum absolute atomic E-state index is 13.5. The third-order valence-electron chi connectivity index (χ3n) is 2.15. The summed E-state index contributed by atoms with van der Waals surface area (Å²) in [6.07, 6.45) is 0. The summed E-state index contributed by atoms with van der Waals surface area (Å²) < 4.78 is 13.5. The van der Waals surface area contributed by atoms with Gasteiger partial charge in [0.05, 0.1) is 0 Å². The smallest absolute Gasteiger partial charge is 0.243 e. The van der Waals surface area contributed by atoms with Crippen molar-refractivity contribution in [1.29, 1.82) is 0 Å². The summed E-state index contributed by atoms with van der Waals surface area (Å²) in [5.74, 6) is -0.844. The molecule has 2 nitrogen and oxygen atoms in total. The summed E-state index contributed by atoms with van der Waals surface area (Å²) in [6.45, 7) is 7.37. The summed E-state index contributed by atoms with van der Waals surface area (Å²) in [5, 5.41) is 1.72. The zero-order valence-electron chi connectivity index (χ0n) is 10.5. The number of carbonyl (C=O) groups excluding carboxylic acids is 1. The highest BCUT2D eigenvalue weighted by molar-refractivity contribution is 6.30. The second kappa shape index (κ2) is 5.05. The molecule has 0 aliphatic rings. The van der Waals surface area contributed by atoms with Crippen LogP contribution in [0.15, 0.2) is 18.2 Å². The Hall–Kier alpha value is -1.09. The van der Waals surface area contributed by atoms with Gasteiger partial charge < -0.3 is 5.32 Å².